The van der Waals surface area contributed by atoms with Crippen molar-refractivity contribution in [1.29, 1.82) is 0 Å². The first-order valence-electron chi connectivity index (χ1n) is 11.3. The van der Waals surface area contributed by atoms with Crippen molar-refractivity contribution in [1.82, 2.24) is 0 Å². The smallest absolute Gasteiger partial charge is 0.302 e. The predicted octanol–water partition coefficient (Wildman–Crippen LogP) is 7.75. The Morgan fingerprint density at radius 3 is 1.22 bits per heavy atom. The van der Waals surface area contributed by atoms with E-state index in [1.807, 2.05) is 13.8 Å². The molecule has 0 fully saturated rings. The molecule has 0 heterocycles. The summed E-state index contributed by atoms with van der Waals surface area (Å²) < 4.78 is 20.5. The minimum absolute atomic E-state index is 0.288. The molecule has 0 aromatic carbocycles. The minimum Gasteiger partial charge on any atom is -0.302 e. The molecule has 27 heavy (non-hydrogen) atoms. The summed E-state index contributed by atoms with van der Waals surface area (Å²) in [6.07, 6.45) is 16.7. The molecule has 0 aromatic heterocycles. The predicted molar refractivity (Wildman–Crippen MR) is 124 cm³/mol. The summed E-state index contributed by atoms with van der Waals surface area (Å²) in [5.41, 5.74) is 0. The Bertz CT molecular complexity index is 315. The Kier molecular flexibility index (Phi) is 21.9. The third-order valence-corrected chi connectivity index (χ3v) is 9.86. The number of hydrogen-bond acceptors (Lipinski definition) is 3. The van der Waals surface area contributed by atoms with E-state index in [0.717, 1.165) is 25.7 Å². The van der Waals surface area contributed by atoms with Crippen molar-refractivity contribution in [2.75, 3.05) is 38.4 Å². The molecule has 4 nitrogen and oxygen atoms in total. The van der Waals surface area contributed by atoms with E-state index in [-0.39, 0.29) is 13.2 Å². The fraction of sp³-hybridized carbons (Fsp3) is 1.00. The Morgan fingerprint density at radius 2 is 0.963 bits per heavy atom. The summed E-state index contributed by atoms with van der Waals surface area (Å²) in [4.78, 5) is 9.08. The molecule has 0 bridgehead atoms. The molecule has 0 saturated heterocycles. The van der Waals surface area contributed by atoms with Gasteiger partial charge in [0.25, 0.3) is 0 Å². The van der Waals surface area contributed by atoms with Crippen molar-refractivity contribution in [3.8, 4) is 0 Å². The van der Waals surface area contributed by atoms with Crippen molar-refractivity contribution in [3.05, 3.63) is 0 Å². The van der Waals surface area contributed by atoms with Crippen LogP contribution >= 0.6 is 15.1 Å². The normalized spacial score (nSPS) is 12.0. The fourth-order valence-corrected chi connectivity index (χ4v) is 7.34. The van der Waals surface area contributed by atoms with E-state index < -0.39 is 15.1 Å². The van der Waals surface area contributed by atoms with Gasteiger partial charge in [-0.05, 0) is 32.1 Å². The van der Waals surface area contributed by atoms with Crippen LogP contribution in [0.5, 0.6) is 0 Å². The van der Waals surface area contributed by atoms with Gasteiger partial charge in [-0.3, -0.25) is 9.05 Å². The zero-order valence-electron chi connectivity index (χ0n) is 19.2. The molecule has 166 valence electrons. The lowest BCUT2D eigenvalue weighted by Gasteiger charge is -2.22. The third kappa shape index (κ3) is 21.1. The first-order chi connectivity index (χ1) is 12.8. The van der Waals surface area contributed by atoms with Crippen LogP contribution in [0.25, 0.3) is 0 Å². The van der Waals surface area contributed by atoms with Gasteiger partial charge in [0.15, 0.2) is 0 Å². The van der Waals surface area contributed by atoms with Crippen LogP contribution in [0.2, 0.25) is 0 Å². The van der Waals surface area contributed by atoms with Gasteiger partial charge >= 0.3 is 7.82 Å². The average Bonchev–Trinajstić information content (AvgIpc) is 2.64. The first kappa shape index (κ1) is 29.7. The van der Waals surface area contributed by atoms with Crippen LogP contribution in [0.4, 0.5) is 0 Å². The van der Waals surface area contributed by atoms with Crippen molar-refractivity contribution in [2.24, 2.45) is 0 Å². The van der Waals surface area contributed by atoms with Gasteiger partial charge in [0, 0.05) is 13.9 Å². The standard InChI is InChI=1S/C13H30P.C8H19O4P/c1-5-8-11-14(4,12-9-6-2)13-10-7-3;1-3-5-7-11-13(9,10)12-8-6-4-2/h5-13H2,1-4H3;3-8H2,1-2H3,(H,9,10)/q+1;. The summed E-state index contributed by atoms with van der Waals surface area (Å²) in [7, 11) is -4.27. The van der Waals surface area contributed by atoms with Gasteiger partial charge in [0.05, 0.1) is 31.7 Å². The molecule has 0 aliphatic rings. The number of rotatable bonds is 17. The second-order valence-corrected chi connectivity index (χ2v) is 13.7. The molecule has 0 spiro atoms. The van der Waals surface area contributed by atoms with Crippen LogP contribution in [-0.2, 0) is 13.6 Å². The monoisotopic (exact) mass is 427 g/mol. The van der Waals surface area contributed by atoms with Gasteiger partial charge in [0.2, 0.25) is 0 Å². The maximum absolute atomic E-state index is 11.1. The Balaban J connectivity index is 0. The van der Waals surface area contributed by atoms with E-state index in [0.29, 0.717) is 0 Å². The van der Waals surface area contributed by atoms with Gasteiger partial charge in [-0.2, -0.15) is 0 Å². The average molecular weight is 428 g/mol. The van der Waals surface area contributed by atoms with Crippen molar-refractivity contribution >= 4 is 15.1 Å². The first-order valence-corrected chi connectivity index (χ1v) is 15.5. The molecule has 0 atom stereocenters. The van der Waals surface area contributed by atoms with Gasteiger partial charge in [-0.25, -0.2) is 4.57 Å². The number of phosphoric acid groups is 1. The van der Waals surface area contributed by atoms with Crippen LogP contribution in [0.1, 0.15) is 98.8 Å². The SMILES string of the molecule is CCCCOP(=O)(O)OCCCC.CCCC[P+](C)(CCCC)CCCC. The second-order valence-electron chi connectivity index (χ2n) is 7.69. The van der Waals surface area contributed by atoms with E-state index >= 15 is 0 Å². The van der Waals surface area contributed by atoms with E-state index in [4.69, 9.17) is 13.9 Å². The lowest BCUT2D eigenvalue weighted by atomic mass is 10.4. The zero-order valence-corrected chi connectivity index (χ0v) is 21.0. The number of hydrogen-bond donors (Lipinski definition) is 1. The van der Waals surface area contributed by atoms with E-state index in [2.05, 4.69) is 27.4 Å². The number of unbranched alkanes of at least 4 members (excludes halogenated alkanes) is 5. The Morgan fingerprint density at radius 1 is 0.667 bits per heavy atom. The van der Waals surface area contributed by atoms with Crippen LogP contribution in [0, 0.1) is 0 Å². The zero-order chi connectivity index (χ0) is 21.0. The third-order valence-electron chi connectivity index (χ3n) is 4.66. The van der Waals surface area contributed by atoms with Crippen LogP contribution in [0.15, 0.2) is 0 Å². The lowest BCUT2D eigenvalue weighted by molar-refractivity contribution is 0.146. The number of phosphoric ester groups is 1. The summed E-state index contributed by atoms with van der Waals surface area (Å²) in [5, 5.41) is 0. The largest absolute Gasteiger partial charge is 0.472 e. The van der Waals surface area contributed by atoms with Gasteiger partial charge in [-0.15, -0.1) is 0 Å². The molecule has 6 heteroatoms. The summed E-state index contributed by atoms with van der Waals surface area (Å²) in [6, 6.07) is 0. The van der Waals surface area contributed by atoms with Crippen LogP contribution in [-0.4, -0.2) is 43.3 Å². The molecule has 0 amide bonds. The molecule has 0 rings (SSSR count). The molecule has 1 N–H and O–H groups in total. The highest BCUT2D eigenvalue weighted by atomic mass is 31.2. The van der Waals surface area contributed by atoms with E-state index in [1.165, 1.54) is 38.5 Å². The van der Waals surface area contributed by atoms with Crippen molar-refractivity contribution in [2.45, 2.75) is 98.8 Å². The Labute approximate surface area is 171 Å². The molecule has 0 unspecified atom stereocenters. The molecular weight excluding hydrogens is 378 g/mol. The van der Waals surface area contributed by atoms with Gasteiger partial charge in [0.1, 0.15) is 0 Å². The second kappa shape index (κ2) is 19.8. The van der Waals surface area contributed by atoms with Crippen molar-refractivity contribution < 1.29 is 18.5 Å². The summed E-state index contributed by atoms with van der Waals surface area (Å²) in [6.45, 7) is 14.1. The highest BCUT2D eigenvalue weighted by Gasteiger charge is 2.28. The van der Waals surface area contributed by atoms with E-state index in [9.17, 15) is 4.57 Å². The maximum Gasteiger partial charge on any atom is 0.472 e. The molecule has 0 aliphatic heterocycles. The fourth-order valence-electron chi connectivity index (χ4n) is 2.64. The molecular formula is C21H49O4P2+. The van der Waals surface area contributed by atoms with Gasteiger partial charge < -0.3 is 4.89 Å². The minimum atomic E-state index is -3.75. The quantitative estimate of drug-likeness (QED) is 0.190. The van der Waals surface area contributed by atoms with Crippen LogP contribution < -0.4 is 0 Å². The molecule has 0 aromatic rings. The Hall–Kier alpha value is 0.540. The highest BCUT2D eigenvalue weighted by Crippen LogP contribution is 2.57. The topological polar surface area (TPSA) is 55.8 Å². The highest BCUT2D eigenvalue weighted by molar-refractivity contribution is 7.75. The maximum atomic E-state index is 11.1. The summed E-state index contributed by atoms with van der Waals surface area (Å²) >= 11 is 0. The van der Waals surface area contributed by atoms with E-state index in [1.54, 1.807) is 18.5 Å². The molecule has 0 saturated carbocycles. The summed E-state index contributed by atoms with van der Waals surface area (Å²) in [5.74, 6) is 0. The molecule has 0 aliphatic carbocycles. The molecule has 0 radical (unpaired) electrons. The van der Waals surface area contributed by atoms with Gasteiger partial charge in [-0.1, -0.05) is 66.7 Å². The lowest BCUT2D eigenvalue weighted by Crippen LogP contribution is -2.07. The van der Waals surface area contributed by atoms with Crippen molar-refractivity contribution in [3.63, 3.8) is 0 Å². The van der Waals surface area contributed by atoms with Crippen LogP contribution in [0.3, 0.4) is 0 Å².